The molecule has 4 bridgehead atoms. The molecule has 0 radical (unpaired) electrons. The van der Waals surface area contributed by atoms with Crippen LogP contribution in [0, 0.1) is 23.2 Å². The molecule has 1 aromatic carbocycles. The Kier molecular flexibility index (Phi) is 2.92. The molecule has 1 aromatic rings. The number of benzene rings is 1. The highest BCUT2D eigenvalue weighted by molar-refractivity contribution is 6.09. The highest BCUT2D eigenvalue weighted by Gasteiger charge is 2.55. The third-order valence-corrected chi connectivity index (χ3v) is 6.81. The van der Waals surface area contributed by atoms with E-state index in [1.54, 1.807) is 6.08 Å². The van der Waals surface area contributed by atoms with Crippen molar-refractivity contribution in [3.05, 3.63) is 29.5 Å². The maximum absolute atomic E-state index is 12.5. The smallest absolute Gasteiger partial charge is 0.363 e. The van der Waals surface area contributed by atoms with E-state index in [2.05, 4.69) is 4.99 Å². The van der Waals surface area contributed by atoms with Crippen LogP contribution < -0.4 is 9.47 Å². The van der Waals surface area contributed by atoms with Crippen LogP contribution >= 0.6 is 0 Å². The maximum Gasteiger partial charge on any atom is 0.363 e. The summed E-state index contributed by atoms with van der Waals surface area (Å²) in [6.45, 7) is 0.242. The molecule has 4 fully saturated rings. The molecular formula is C21H21NO4. The lowest BCUT2D eigenvalue weighted by molar-refractivity contribution is -0.131. The van der Waals surface area contributed by atoms with Crippen molar-refractivity contribution < 1.29 is 19.0 Å². The Balaban J connectivity index is 1.33. The number of carbonyl (C=O) groups excluding carboxylic acids is 1. The lowest BCUT2D eigenvalue weighted by Crippen LogP contribution is -2.50. The van der Waals surface area contributed by atoms with Gasteiger partial charge >= 0.3 is 5.97 Å². The van der Waals surface area contributed by atoms with Gasteiger partial charge in [0.25, 0.3) is 0 Å². The summed E-state index contributed by atoms with van der Waals surface area (Å²) in [5, 5.41) is 0. The molecule has 7 rings (SSSR count). The first-order chi connectivity index (χ1) is 12.7. The Morgan fingerprint density at radius 1 is 1.00 bits per heavy atom. The molecule has 26 heavy (non-hydrogen) atoms. The van der Waals surface area contributed by atoms with E-state index in [0.717, 1.165) is 48.3 Å². The molecule has 0 amide bonds. The highest BCUT2D eigenvalue weighted by Crippen LogP contribution is 2.61. The van der Waals surface area contributed by atoms with Gasteiger partial charge in [-0.3, -0.25) is 0 Å². The van der Waals surface area contributed by atoms with Gasteiger partial charge in [-0.1, -0.05) is 6.07 Å². The molecule has 4 saturated carbocycles. The maximum atomic E-state index is 12.5. The summed E-state index contributed by atoms with van der Waals surface area (Å²) >= 11 is 0. The molecule has 5 nitrogen and oxygen atoms in total. The number of hydrogen-bond donors (Lipinski definition) is 0. The summed E-state index contributed by atoms with van der Waals surface area (Å²) in [6, 6.07) is 5.64. The van der Waals surface area contributed by atoms with Crippen LogP contribution in [0.4, 0.5) is 0 Å². The minimum absolute atomic E-state index is 0.00882. The van der Waals surface area contributed by atoms with E-state index < -0.39 is 0 Å². The summed E-state index contributed by atoms with van der Waals surface area (Å²) in [6.07, 6.45) is 9.30. The molecule has 6 aliphatic rings. The second kappa shape index (κ2) is 5.12. The topological polar surface area (TPSA) is 57.1 Å². The first kappa shape index (κ1) is 14.8. The average Bonchev–Trinajstić information content (AvgIpc) is 3.21. The second-order valence-corrected chi connectivity index (χ2v) is 8.65. The van der Waals surface area contributed by atoms with Gasteiger partial charge in [0, 0.05) is 5.41 Å². The molecule has 2 heterocycles. The zero-order chi connectivity index (χ0) is 17.3. The van der Waals surface area contributed by atoms with E-state index in [1.165, 1.54) is 19.3 Å². The number of rotatable bonds is 2. The van der Waals surface area contributed by atoms with Crippen molar-refractivity contribution in [3.8, 4) is 11.5 Å². The Morgan fingerprint density at radius 2 is 1.69 bits per heavy atom. The molecule has 0 unspecified atom stereocenters. The van der Waals surface area contributed by atoms with Gasteiger partial charge in [0.15, 0.2) is 17.2 Å². The monoisotopic (exact) mass is 351 g/mol. The zero-order valence-electron chi connectivity index (χ0n) is 14.6. The molecule has 0 saturated heterocycles. The van der Waals surface area contributed by atoms with Crippen LogP contribution in [0.3, 0.4) is 0 Å². The summed E-state index contributed by atoms with van der Waals surface area (Å²) in [7, 11) is 0. The zero-order valence-corrected chi connectivity index (χ0v) is 14.6. The molecule has 0 aromatic heterocycles. The Hall–Kier alpha value is -2.30. The third-order valence-electron chi connectivity index (χ3n) is 6.81. The van der Waals surface area contributed by atoms with E-state index >= 15 is 0 Å². The van der Waals surface area contributed by atoms with Gasteiger partial charge in [-0.15, -0.1) is 0 Å². The Morgan fingerprint density at radius 3 is 2.42 bits per heavy atom. The fraction of sp³-hybridized carbons (Fsp3) is 0.524. The predicted octanol–water partition coefficient (Wildman–Crippen LogP) is 3.93. The van der Waals surface area contributed by atoms with Crippen molar-refractivity contribution in [1.29, 1.82) is 0 Å². The number of hydrogen-bond acceptors (Lipinski definition) is 5. The SMILES string of the molecule is O=C1OC(C23CC4CC(CC(C4)C2)C3)=N/C1=C/c1ccc2c(c1)OCO2. The molecule has 0 spiro atoms. The van der Waals surface area contributed by atoms with Gasteiger partial charge in [0.1, 0.15) is 0 Å². The van der Waals surface area contributed by atoms with E-state index in [4.69, 9.17) is 14.2 Å². The first-order valence-electron chi connectivity index (χ1n) is 9.60. The largest absolute Gasteiger partial charge is 0.454 e. The number of aliphatic imine (C=N–C) groups is 1. The molecule has 134 valence electrons. The van der Waals surface area contributed by atoms with Crippen LogP contribution in [0.15, 0.2) is 28.9 Å². The van der Waals surface area contributed by atoms with Crippen LogP contribution in [-0.2, 0) is 9.53 Å². The van der Waals surface area contributed by atoms with Gasteiger partial charge in [-0.05, 0) is 80.1 Å². The normalized spacial score (nSPS) is 38.0. The quantitative estimate of drug-likeness (QED) is 0.598. The molecule has 0 N–H and O–H groups in total. The van der Waals surface area contributed by atoms with Crippen molar-refractivity contribution in [1.82, 2.24) is 0 Å². The van der Waals surface area contributed by atoms with Crippen molar-refractivity contribution >= 4 is 17.9 Å². The molecule has 4 aliphatic carbocycles. The van der Waals surface area contributed by atoms with Crippen LogP contribution in [-0.4, -0.2) is 18.7 Å². The highest BCUT2D eigenvalue weighted by atomic mass is 16.7. The Bertz CT molecular complexity index is 833. The molecular weight excluding hydrogens is 330 g/mol. The molecule has 5 heteroatoms. The van der Waals surface area contributed by atoms with Crippen molar-refractivity contribution in [2.75, 3.05) is 6.79 Å². The van der Waals surface area contributed by atoms with Gasteiger partial charge in [0.05, 0.1) is 0 Å². The van der Waals surface area contributed by atoms with E-state index in [9.17, 15) is 4.79 Å². The number of ether oxygens (including phenoxy) is 3. The summed E-state index contributed by atoms with van der Waals surface area (Å²) in [5.41, 5.74) is 1.28. The van der Waals surface area contributed by atoms with Crippen molar-refractivity contribution in [3.63, 3.8) is 0 Å². The van der Waals surface area contributed by atoms with Gasteiger partial charge < -0.3 is 14.2 Å². The molecule has 0 atom stereocenters. The minimum Gasteiger partial charge on any atom is -0.454 e. The average molecular weight is 351 g/mol. The number of cyclic esters (lactones) is 1. The van der Waals surface area contributed by atoms with E-state index in [0.29, 0.717) is 17.3 Å². The number of fused-ring (bicyclic) bond motifs is 1. The summed E-state index contributed by atoms with van der Waals surface area (Å²) in [4.78, 5) is 17.1. The fourth-order valence-electron chi connectivity index (χ4n) is 6.17. The van der Waals surface area contributed by atoms with Crippen LogP contribution in [0.1, 0.15) is 44.1 Å². The number of carbonyl (C=O) groups is 1. The van der Waals surface area contributed by atoms with Gasteiger partial charge in [-0.2, -0.15) is 0 Å². The lowest BCUT2D eigenvalue weighted by Gasteiger charge is -2.55. The minimum atomic E-state index is -0.326. The summed E-state index contributed by atoms with van der Waals surface area (Å²) in [5.74, 6) is 4.19. The van der Waals surface area contributed by atoms with E-state index in [-0.39, 0.29) is 18.2 Å². The first-order valence-corrected chi connectivity index (χ1v) is 9.60. The fourth-order valence-corrected chi connectivity index (χ4v) is 6.17. The lowest BCUT2D eigenvalue weighted by atomic mass is 9.49. The van der Waals surface area contributed by atoms with Crippen LogP contribution in [0.25, 0.3) is 6.08 Å². The third kappa shape index (κ3) is 2.15. The van der Waals surface area contributed by atoms with Crippen LogP contribution in [0.5, 0.6) is 11.5 Å². The van der Waals surface area contributed by atoms with Gasteiger partial charge in [-0.25, -0.2) is 9.79 Å². The van der Waals surface area contributed by atoms with Crippen LogP contribution in [0.2, 0.25) is 0 Å². The molecule has 2 aliphatic heterocycles. The second-order valence-electron chi connectivity index (χ2n) is 8.65. The van der Waals surface area contributed by atoms with Crippen molar-refractivity contribution in [2.24, 2.45) is 28.2 Å². The standard InChI is InChI=1S/C21H21NO4/c23-19-16(6-12-1-2-17-18(7-12)25-11-24-17)22-20(26-19)21-8-13-3-14(9-21)5-15(4-13)10-21/h1-2,6-7,13-15H,3-5,8-11H2/b16-6+. The van der Waals surface area contributed by atoms with Gasteiger partial charge in [0.2, 0.25) is 12.7 Å². The number of nitrogens with zero attached hydrogens (tertiary/aromatic N) is 1. The van der Waals surface area contributed by atoms with Crippen molar-refractivity contribution in [2.45, 2.75) is 38.5 Å². The van der Waals surface area contributed by atoms with E-state index in [1.807, 2.05) is 18.2 Å². The Labute approximate surface area is 152 Å². The predicted molar refractivity (Wildman–Crippen MR) is 94.7 cm³/mol. The number of esters is 1. The summed E-state index contributed by atoms with van der Waals surface area (Å²) < 4.78 is 16.5.